The van der Waals surface area contributed by atoms with E-state index in [0.717, 1.165) is 28.9 Å². The van der Waals surface area contributed by atoms with Crippen LogP contribution >= 0.6 is 22.9 Å². The van der Waals surface area contributed by atoms with E-state index in [2.05, 4.69) is 5.32 Å². The zero-order chi connectivity index (χ0) is 11.8. The molecule has 1 aromatic heterocycles. The maximum absolute atomic E-state index is 8.27. The van der Waals surface area contributed by atoms with Gasteiger partial charge in [0.1, 0.15) is 0 Å². The van der Waals surface area contributed by atoms with Crippen LogP contribution in [0.2, 0.25) is 0 Å². The highest BCUT2D eigenvalue weighted by molar-refractivity contribution is 7.10. The molecule has 0 bridgehead atoms. The van der Waals surface area contributed by atoms with Gasteiger partial charge in [0.05, 0.1) is 12.3 Å². The summed E-state index contributed by atoms with van der Waals surface area (Å²) in [7, 11) is 0. The molecule has 0 spiro atoms. The molecule has 1 aliphatic heterocycles. The lowest BCUT2D eigenvalue weighted by molar-refractivity contribution is 1.19. The molecule has 2 heterocycles. The van der Waals surface area contributed by atoms with Crippen LogP contribution in [-0.2, 0) is 12.4 Å². The van der Waals surface area contributed by atoms with Crippen molar-refractivity contribution < 1.29 is 0 Å². The summed E-state index contributed by atoms with van der Waals surface area (Å²) in [5.74, 6) is 0.504. The lowest BCUT2D eigenvalue weighted by Gasteiger charge is -2.09. The molecule has 4 heteroatoms. The summed E-state index contributed by atoms with van der Waals surface area (Å²) in [6.07, 6.45) is 0. The smallest absolute Gasteiger partial charge is 0.0717 e. The average Bonchev–Trinajstić information content (AvgIpc) is 2.79. The fraction of sp³-hybridized carbons (Fsp3) is 0.154. The lowest BCUT2D eigenvalue weighted by Crippen LogP contribution is -2.02. The molecular weight excluding hydrogens is 252 g/mol. The van der Waals surface area contributed by atoms with Gasteiger partial charge in [0.2, 0.25) is 0 Å². The molecule has 3 rings (SSSR count). The van der Waals surface area contributed by atoms with Gasteiger partial charge in [-0.15, -0.1) is 22.9 Å². The van der Waals surface area contributed by atoms with E-state index in [4.69, 9.17) is 17.0 Å². The second-order valence-corrected chi connectivity index (χ2v) is 5.27. The fourth-order valence-electron chi connectivity index (χ4n) is 2.06. The van der Waals surface area contributed by atoms with Crippen molar-refractivity contribution in [2.24, 2.45) is 0 Å². The Hall–Kier alpha value is -1.32. The molecule has 0 fully saturated rings. The molecule has 0 saturated carbocycles. The van der Waals surface area contributed by atoms with Crippen molar-refractivity contribution in [1.29, 1.82) is 5.41 Å². The normalized spacial score (nSPS) is 13.6. The number of hydrogen-bond acceptors (Lipinski definition) is 3. The van der Waals surface area contributed by atoms with E-state index in [1.165, 1.54) is 4.88 Å². The Morgan fingerprint density at radius 2 is 2.18 bits per heavy atom. The number of fused-ring (bicyclic) bond motifs is 2. The van der Waals surface area contributed by atoms with Gasteiger partial charge in [0.15, 0.2) is 0 Å². The zero-order valence-corrected chi connectivity index (χ0v) is 10.7. The van der Waals surface area contributed by atoms with Gasteiger partial charge in [-0.05, 0) is 23.1 Å². The molecule has 1 aromatic carbocycles. The summed E-state index contributed by atoms with van der Waals surface area (Å²) >= 11 is 7.53. The highest BCUT2D eigenvalue weighted by Crippen LogP contribution is 2.30. The zero-order valence-electron chi connectivity index (χ0n) is 9.09. The minimum Gasteiger partial charge on any atom is -0.380 e. The van der Waals surface area contributed by atoms with Crippen LogP contribution in [0, 0.1) is 5.41 Å². The summed E-state index contributed by atoms with van der Waals surface area (Å²) in [4.78, 5) is 1.22. The van der Waals surface area contributed by atoms with Gasteiger partial charge >= 0.3 is 0 Å². The van der Waals surface area contributed by atoms with Crippen molar-refractivity contribution in [1.82, 2.24) is 0 Å². The van der Waals surface area contributed by atoms with Crippen molar-refractivity contribution in [2.75, 3.05) is 5.32 Å². The van der Waals surface area contributed by atoms with E-state index in [0.29, 0.717) is 11.6 Å². The quantitative estimate of drug-likeness (QED) is 0.753. The third-order valence-electron chi connectivity index (χ3n) is 2.96. The molecule has 0 amide bonds. The Kier molecular flexibility index (Phi) is 2.65. The molecule has 0 saturated heterocycles. The first-order valence-electron chi connectivity index (χ1n) is 5.38. The monoisotopic (exact) mass is 262 g/mol. The van der Waals surface area contributed by atoms with E-state index < -0.39 is 0 Å². The molecule has 1 aliphatic rings. The van der Waals surface area contributed by atoms with E-state index in [9.17, 15) is 0 Å². The molecule has 17 heavy (non-hydrogen) atoms. The minimum atomic E-state index is 0.504. The van der Waals surface area contributed by atoms with Crippen LogP contribution in [0.3, 0.4) is 0 Å². The minimum absolute atomic E-state index is 0.504. The van der Waals surface area contributed by atoms with E-state index in [1.54, 1.807) is 11.3 Å². The maximum atomic E-state index is 8.27. The maximum Gasteiger partial charge on any atom is 0.0717 e. The van der Waals surface area contributed by atoms with Crippen molar-refractivity contribution >= 4 is 34.3 Å². The van der Waals surface area contributed by atoms with Gasteiger partial charge < -0.3 is 5.32 Å². The van der Waals surface area contributed by atoms with Crippen LogP contribution in [0.4, 0.5) is 5.69 Å². The number of thiophene rings is 1. The number of anilines is 1. The van der Waals surface area contributed by atoms with Gasteiger partial charge in [-0.3, -0.25) is 5.41 Å². The van der Waals surface area contributed by atoms with Crippen molar-refractivity contribution in [3.8, 4) is 0 Å². The van der Waals surface area contributed by atoms with E-state index in [-0.39, 0.29) is 0 Å². The molecule has 86 valence electrons. The topological polar surface area (TPSA) is 35.9 Å². The Morgan fingerprint density at radius 1 is 1.29 bits per heavy atom. The van der Waals surface area contributed by atoms with Gasteiger partial charge in [-0.2, -0.15) is 0 Å². The first-order chi connectivity index (χ1) is 8.29. The second-order valence-electron chi connectivity index (χ2n) is 4.00. The average molecular weight is 263 g/mol. The van der Waals surface area contributed by atoms with Crippen molar-refractivity contribution in [3.63, 3.8) is 0 Å². The number of hydrogen-bond donors (Lipinski definition) is 2. The first-order valence-corrected chi connectivity index (χ1v) is 6.79. The third-order valence-corrected chi connectivity index (χ3v) is 4.19. The Labute approximate surface area is 109 Å². The standard InChI is InChI=1S/C13H11ClN2S/c14-6-8-1-2-9-11(5-8)16-7-12-10(13(9)15)3-4-17-12/h1-5,15-16H,6-7H2. The Bertz CT molecular complexity index is 589. The van der Waals surface area contributed by atoms with Gasteiger partial charge in [-0.25, -0.2) is 0 Å². The molecule has 0 radical (unpaired) electrons. The van der Waals surface area contributed by atoms with Gasteiger partial charge in [-0.1, -0.05) is 12.1 Å². The van der Waals surface area contributed by atoms with Crippen molar-refractivity contribution in [3.05, 3.63) is 51.2 Å². The fourth-order valence-corrected chi connectivity index (χ4v) is 3.05. The first kappa shape index (κ1) is 10.8. The summed E-state index contributed by atoms with van der Waals surface area (Å²) in [6.45, 7) is 0.786. The molecule has 2 aromatic rings. The Morgan fingerprint density at radius 3 is 3.00 bits per heavy atom. The van der Waals surface area contributed by atoms with E-state index >= 15 is 0 Å². The van der Waals surface area contributed by atoms with Gasteiger partial charge in [0.25, 0.3) is 0 Å². The predicted octanol–water partition coefficient (Wildman–Crippen LogP) is 3.83. The van der Waals surface area contributed by atoms with Crippen LogP contribution < -0.4 is 5.32 Å². The van der Waals surface area contributed by atoms with E-state index in [1.807, 2.05) is 29.6 Å². The predicted molar refractivity (Wildman–Crippen MR) is 73.6 cm³/mol. The molecule has 2 nitrogen and oxygen atoms in total. The van der Waals surface area contributed by atoms with Crippen LogP contribution in [0.25, 0.3) is 0 Å². The van der Waals surface area contributed by atoms with Crippen LogP contribution in [-0.4, -0.2) is 5.71 Å². The number of nitrogens with one attached hydrogen (secondary N) is 2. The van der Waals surface area contributed by atoms with Crippen molar-refractivity contribution in [2.45, 2.75) is 12.4 Å². The highest BCUT2D eigenvalue weighted by atomic mass is 35.5. The third kappa shape index (κ3) is 1.75. The number of rotatable bonds is 1. The van der Waals surface area contributed by atoms with Crippen LogP contribution in [0.5, 0.6) is 0 Å². The largest absolute Gasteiger partial charge is 0.380 e. The number of alkyl halides is 1. The summed E-state index contributed by atoms with van der Waals surface area (Å²) in [5, 5.41) is 13.7. The molecule has 2 N–H and O–H groups in total. The summed E-state index contributed by atoms with van der Waals surface area (Å²) in [6, 6.07) is 8.02. The SMILES string of the molecule is N=C1c2ccc(CCl)cc2NCc2sccc21. The molecule has 0 aliphatic carbocycles. The second kappa shape index (κ2) is 4.17. The number of halogens is 1. The van der Waals surface area contributed by atoms with Crippen LogP contribution in [0.15, 0.2) is 29.6 Å². The highest BCUT2D eigenvalue weighted by Gasteiger charge is 2.18. The number of benzene rings is 1. The molecular formula is C13H11ClN2S. The lowest BCUT2D eigenvalue weighted by atomic mass is 10.0. The molecule has 0 atom stereocenters. The summed E-state index contributed by atoms with van der Waals surface area (Å²) < 4.78 is 0. The summed E-state index contributed by atoms with van der Waals surface area (Å²) in [5.41, 5.74) is 4.69. The van der Waals surface area contributed by atoms with Crippen LogP contribution in [0.1, 0.15) is 21.6 Å². The van der Waals surface area contributed by atoms with Gasteiger partial charge in [0, 0.05) is 27.6 Å². The molecule has 0 unspecified atom stereocenters. The Balaban J connectivity index is 2.14.